The van der Waals surface area contributed by atoms with Crippen LogP contribution in [0, 0.1) is 20.8 Å². The van der Waals surface area contributed by atoms with Crippen LogP contribution in [-0.4, -0.2) is 18.2 Å². The zero-order valence-corrected chi connectivity index (χ0v) is 14.9. The number of carbonyl (C=O) groups excluding carboxylic acids is 1. The lowest BCUT2D eigenvalue weighted by molar-refractivity contribution is -0.111. The molecule has 25 heavy (non-hydrogen) atoms. The van der Waals surface area contributed by atoms with Crippen LogP contribution in [-0.2, 0) is 4.79 Å². The summed E-state index contributed by atoms with van der Waals surface area (Å²) in [5.41, 5.74) is 4.45. The summed E-state index contributed by atoms with van der Waals surface area (Å²) in [5.74, 6) is 1.66. The number of benzene rings is 1. The van der Waals surface area contributed by atoms with Gasteiger partial charge < -0.3 is 19.0 Å². The number of rotatable bonds is 4. The molecule has 0 unspecified atom stereocenters. The van der Waals surface area contributed by atoms with E-state index in [4.69, 9.17) is 13.7 Å². The Labute approximate surface area is 145 Å². The SMILES string of the molecule is COc1c(/C(C)=C/C(=O)Nc2ccon2)cc2c(C)c(C)oc2c1C. The summed E-state index contributed by atoms with van der Waals surface area (Å²) < 4.78 is 16.1. The van der Waals surface area contributed by atoms with E-state index in [1.807, 2.05) is 33.8 Å². The van der Waals surface area contributed by atoms with Gasteiger partial charge in [-0.2, -0.15) is 0 Å². The lowest BCUT2D eigenvalue weighted by Gasteiger charge is -2.13. The van der Waals surface area contributed by atoms with Gasteiger partial charge in [0.15, 0.2) is 5.82 Å². The molecule has 0 atom stereocenters. The van der Waals surface area contributed by atoms with Crippen molar-refractivity contribution in [2.24, 2.45) is 0 Å². The Morgan fingerprint density at radius 2 is 2.04 bits per heavy atom. The molecule has 130 valence electrons. The van der Waals surface area contributed by atoms with Crippen molar-refractivity contribution in [1.29, 1.82) is 0 Å². The van der Waals surface area contributed by atoms with Crippen LogP contribution in [0.5, 0.6) is 5.75 Å². The summed E-state index contributed by atoms with van der Waals surface area (Å²) >= 11 is 0. The highest BCUT2D eigenvalue weighted by Crippen LogP contribution is 2.38. The lowest BCUT2D eigenvalue weighted by atomic mass is 9.98. The highest BCUT2D eigenvalue weighted by Gasteiger charge is 2.18. The minimum atomic E-state index is -0.286. The molecule has 2 aromatic heterocycles. The maximum Gasteiger partial charge on any atom is 0.249 e. The molecule has 0 aliphatic rings. The van der Waals surface area contributed by atoms with Crippen LogP contribution in [0.25, 0.3) is 16.5 Å². The molecule has 0 aliphatic heterocycles. The molecule has 6 heteroatoms. The Balaban J connectivity index is 2.05. The molecule has 2 heterocycles. The maximum absolute atomic E-state index is 12.2. The monoisotopic (exact) mass is 340 g/mol. The van der Waals surface area contributed by atoms with Crippen LogP contribution in [0.3, 0.4) is 0 Å². The van der Waals surface area contributed by atoms with E-state index in [2.05, 4.69) is 10.5 Å². The number of furan rings is 1. The minimum absolute atomic E-state index is 0.286. The van der Waals surface area contributed by atoms with Crippen LogP contribution >= 0.6 is 0 Å². The second-order valence-electron chi connectivity index (χ2n) is 5.94. The fourth-order valence-corrected chi connectivity index (χ4v) is 2.88. The molecule has 0 bridgehead atoms. The summed E-state index contributed by atoms with van der Waals surface area (Å²) in [6, 6.07) is 3.58. The molecule has 3 aromatic rings. The average molecular weight is 340 g/mol. The van der Waals surface area contributed by atoms with Gasteiger partial charge in [0.2, 0.25) is 5.91 Å². The number of allylic oxidation sites excluding steroid dienone is 1. The number of methoxy groups -OCH3 is 1. The summed E-state index contributed by atoms with van der Waals surface area (Å²) in [6.45, 7) is 7.78. The quantitative estimate of drug-likeness (QED) is 0.712. The van der Waals surface area contributed by atoms with Gasteiger partial charge in [0.25, 0.3) is 0 Å². The van der Waals surface area contributed by atoms with Gasteiger partial charge in [0, 0.05) is 28.7 Å². The van der Waals surface area contributed by atoms with Gasteiger partial charge in [-0.3, -0.25) is 4.79 Å². The fraction of sp³-hybridized carbons (Fsp3) is 0.263. The van der Waals surface area contributed by atoms with E-state index >= 15 is 0 Å². The first-order valence-electron chi connectivity index (χ1n) is 7.89. The smallest absolute Gasteiger partial charge is 0.249 e. The summed E-state index contributed by atoms with van der Waals surface area (Å²) in [6.07, 6.45) is 2.91. The van der Waals surface area contributed by atoms with E-state index in [-0.39, 0.29) is 5.91 Å². The normalized spacial score (nSPS) is 11.8. The van der Waals surface area contributed by atoms with Crippen LogP contribution in [0.4, 0.5) is 5.82 Å². The minimum Gasteiger partial charge on any atom is -0.496 e. The van der Waals surface area contributed by atoms with Crippen LogP contribution in [0.1, 0.15) is 29.4 Å². The number of hydrogen-bond acceptors (Lipinski definition) is 5. The third-order valence-electron chi connectivity index (χ3n) is 4.31. The van der Waals surface area contributed by atoms with Crippen molar-refractivity contribution in [1.82, 2.24) is 5.16 Å². The third-order valence-corrected chi connectivity index (χ3v) is 4.31. The molecule has 0 spiro atoms. The van der Waals surface area contributed by atoms with Gasteiger partial charge in [-0.15, -0.1) is 0 Å². The number of carbonyl (C=O) groups is 1. The Morgan fingerprint density at radius 3 is 2.68 bits per heavy atom. The van der Waals surface area contributed by atoms with Crippen molar-refractivity contribution in [3.05, 3.63) is 46.9 Å². The van der Waals surface area contributed by atoms with Crippen LogP contribution in [0.15, 0.2) is 33.4 Å². The Hall–Kier alpha value is -3.02. The highest BCUT2D eigenvalue weighted by atomic mass is 16.5. The standard InChI is InChI=1S/C19H20N2O4/c1-10(8-17(22)20-16-6-7-24-21-16)14-9-15-11(2)13(4)25-19(15)12(3)18(14)23-5/h6-9H,1-5H3,(H,20,21,22)/b10-8+. The maximum atomic E-state index is 12.2. The molecule has 6 nitrogen and oxygen atoms in total. The molecule has 1 aromatic carbocycles. The average Bonchev–Trinajstić information content (AvgIpc) is 3.17. The number of aromatic nitrogens is 1. The van der Waals surface area contributed by atoms with Crippen molar-refractivity contribution in [2.75, 3.05) is 12.4 Å². The predicted octanol–water partition coefficient (Wildman–Crippen LogP) is 4.40. The van der Waals surface area contributed by atoms with Gasteiger partial charge in [-0.25, -0.2) is 0 Å². The van der Waals surface area contributed by atoms with Gasteiger partial charge >= 0.3 is 0 Å². The van der Waals surface area contributed by atoms with E-state index in [0.29, 0.717) is 11.6 Å². The molecule has 0 radical (unpaired) electrons. The number of aryl methyl sites for hydroxylation is 3. The van der Waals surface area contributed by atoms with Crippen molar-refractivity contribution in [3.8, 4) is 5.75 Å². The molecular weight excluding hydrogens is 320 g/mol. The molecule has 0 saturated heterocycles. The van der Waals surface area contributed by atoms with Crippen LogP contribution in [0.2, 0.25) is 0 Å². The molecule has 0 saturated carbocycles. The summed E-state index contributed by atoms with van der Waals surface area (Å²) in [5, 5.41) is 7.34. The topological polar surface area (TPSA) is 77.5 Å². The Bertz CT molecular complexity index is 965. The number of fused-ring (bicyclic) bond motifs is 1. The number of ether oxygens (including phenoxy) is 1. The van der Waals surface area contributed by atoms with Crippen molar-refractivity contribution < 1.29 is 18.5 Å². The van der Waals surface area contributed by atoms with Crippen molar-refractivity contribution in [3.63, 3.8) is 0 Å². The fourth-order valence-electron chi connectivity index (χ4n) is 2.88. The predicted molar refractivity (Wildman–Crippen MR) is 95.8 cm³/mol. The molecule has 1 amide bonds. The molecular formula is C19H20N2O4. The lowest BCUT2D eigenvalue weighted by Crippen LogP contribution is -2.09. The van der Waals surface area contributed by atoms with E-state index in [9.17, 15) is 4.79 Å². The van der Waals surface area contributed by atoms with E-state index in [0.717, 1.165) is 39.0 Å². The van der Waals surface area contributed by atoms with E-state index in [1.54, 1.807) is 13.2 Å². The molecule has 0 aliphatic carbocycles. The van der Waals surface area contributed by atoms with E-state index in [1.165, 1.54) is 12.3 Å². The number of anilines is 1. The molecule has 1 N–H and O–H groups in total. The van der Waals surface area contributed by atoms with Gasteiger partial charge in [0.05, 0.1) is 7.11 Å². The second kappa shape index (κ2) is 6.47. The second-order valence-corrected chi connectivity index (χ2v) is 5.94. The van der Waals surface area contributed by atoms with Gasteiger partial charge in [0.1, 0.15) is 23.4 Å². The van der Waals surface area contributed by atoms with Gasteiger partial charge in [-0.1, -0.05) is 5.16 Å². The van der Waals surface area contributed by atoms with Crippen molar-refractivity contribution in [2.45, 2.75) is 27.7 Å². The largest absolute Gasteiger partial charge is 0.496 e. The van der Waals surface area contributed by atoms with Crippen molar-refractivity contribution >= 4 is 28.3 Å². The Kier molecular flexibility index (Phi) is 4.35. The first-order valence-corrected chi connectivity index (χ1v) is 7.89. The molecule has 0 fully saturated rings. The number of nitrogens with one attached hydrogen (secondary N) is 1. The van der Waals surface area contributed by atoms with Crippen LogP contribution < -0.4 is 10.1 Å². The molecule has 3 rings (SSSR count). The summed E-state index contributed by atoms with van der Waals surface area (Å²) in [7, 11) is 1.61. The first-order chi connectivity index (χ1) is 11.9. The zero-order chi connectivity index (χ0) is 18.1. The third kappa shape index (κ3) is 3.03. The number of amides is 1. The number of nitrogens with zero attached hydrogens (tertiary/aromatic N) is 1. The number of hydrogen-bond donors (Lipinski definition) is 1. The van der Waals surface area contributed by atoms with Gasteiger partial charge in [-0.05, 0) is 44.9 Å². The first kappa shape index (κ1) is 16.8. The Morgan fingerprint density at radius 1 is 1.28 bits per heavy atom. The zero-order valence-electron chi connectivity index (χ0n) is 14.9. The van der Waals surface area contributed by atoms with E-state index < -0.39 is 0 Å². The summed E-state index contributed by atoms with van der Waals surface area (Å²) in [4.78, 5) is 12.2. The highest BCUT2D eigenvalue weighted by molar-refractivity contribution is 6.04.